The van der Waals surface area contributed by atoms with Gasteiger partial charge in [0.05, 0.1) is 17.6 Å². The van der Waals surface area contributed by atoms with Crippen molar-refractivity contribution < 1.29 is 19.6 Å². The topological polar surface area (TPSA) is 89.7 Å². The molecule has 0 atom stereocenters. The first-order valence-electron chi connectivity index (χ1n) is 6.06. The normalized spacial score (nSPS) is 10.5. The van der Waals surface area contributed by atoms with Gasteiger partial charge < -0.3 is 9.84 Å². The zero-order chi connectivity index (χ0) is 14.4. The van der Waals surface area contributed by atoms with E-state index < -0.39 is 10.9 Å². The van der Waals surface area contributed by atoms with Crippen molar-refractivity contribution in [3.8, 4) is 5.75 Å². The fraction of sp³-hybridized carbons (Fsp3) is 0.462. The van der Waals surface area contributed by atoms with Crippen molar-refractivity contribution in [2.75, 3.05) is 6.61 Å². The molecule has 0 aliphatic heterocycles. The van der Waals surface area contributed by atoms with Gasteiger partial charge in [0.25, 0.3) is 5.69 Å². The summed E-state index contributed by atoms with van der Waals surface area (Å²) < 4.78 is 5.35. The van der Waals surface area contributed by atoms with Crippen molar-refractivity contribution in [3.05, 3.63) is 33.9 Å². The monoisotopic (exact) mass is 267 g/mol. The van der Waals surface area contributed by atoms with E-state index in [0.717, 1.165) is 25.0 Å². The number of nitro groups is 1. The highest BCUT2D eigenvalue weighted by Gasteiger charge is 2.16. The van der Waals surface area contributed by atoms with Crippen LogP contribution in [0.15, 0.2) is 18.2 Å². The van der Waals surface area contributed by atoms with Gasteiger partial charge in [-0.1, -0.05) is 13.8 Å². The predicted molar refractivity (Wildman–Crippen MR) is 69.6 cm³/mol. The Morgan fingerprint density at radius 1 is 1.47 bits per heavy atom. The Balaban J connectivity index is 2.80. The van der Waals surface area contributed by atoms with Crippen LogP contribution in [0.5, 0.6) is 5.75 Å². The van der Waals surface area contributed by atoms with Crippen molar-refractivity contribution in [2.45, 2.75) is 26.7 Å². The lowest BCUT2D eigenvalue weighted by Gasteiger charge is -2.09. The molecule has 6 nitrogen and oxygen atoms in total. The number of hydrogen-bond donors (Lipinski definition) is 1. The molecule has 1 N–H and O–H groups in total. The minimum Gasteiger partial charge on any atom is -0.492 e. The first-order chi connectivity index (χ1) is 8.91. The molecule has 1 aromatic carbocycles. The number of nitro benzene ring substituents is 1. The lowest BCUT2D eigenvalue weighted by molar-refractivity contribution is -0.384. The van der Waals surface area contributed by atoms with E-state index in [1.165, 1.54) is 6.07 Å². The van der Waals surface area contributed by atoms with E-state index in [4.69, 9.17) is 9.84 Å². The van der Waals surface area contributed by atoms with Gasteiger partial charge in [0.1, 0.15) is 11.3 Å². The third kappa shape index (κ3) is 4.57. The summed E-state index contributed by atoms with van der Waals surface area (Å²) in [6.45, 7) is 4.51. The van der Waals surface area contributed by atoms with Crippen LogP contribution in [0, 0.1) is 16.0 Å². The molecule has 0 saturated heterocycles. The van der Waals surface area contributed by atoms with Crippen molar-refractivity contribution in [1.82, 2.24) is 0 Å². The minimum atomic E-state index is -1.16. The number of ether oxygens (including phenoxy) is 1. The molecule has 0 fully saturated rings. The van der Waals surface area contributed by atoms with Gasteiger partial charge in [-0.15, -0.1) is 0 Å². The summed E-state index contributed by atoms with van der Waals surface area (Å²) in [6, 6.07) is 3.50. The van der Waals surface area contributed by atoms with Crippen LogP contribution in [0.25, 0.3) is 0 Å². The van der Waals surface area contributed by atoms with Gasteiger partial charge in [0.2, 0.25) is 0 Å². The maximum Gasteiger partial charge on any atom is 0.339 e. The molecule has 0 saturated carbocycles. The molecular weight excluding hydrogens is 250 g/mol. The highest BCUT2D eigenvalue weighted by molar-refractivity contribution is 5.91. The van der Waals surface area contributed by atoms with Gasteiger partial charge in [-0.25, -0.2) is 4.79 Å². The molecule has 1 rings (SSSR count). The van der Waals surface area contributed by atoms with Gasteiger partial charge in [0, 0.05) is 6.07 Å². The Morgan fingerprint density at radius 3 is 2.68 bits per heavy atom. The molecule has 0 aliphatic carbocycles. The molecule has 104 valence electrons. The second-order valence-corrected chi connectivity index (χ2v) is 4.63. The minimum absolute atomic E-state index is 0.0467. The smallest absolute Gasteiger partial charge is 0.339 e. The van der Waals surface area contributed by atoms with Crippen molar-refractivity contribution >= 4 is 11.7 Å². The molecule has 0 heterocycles. The van der Waals surface area contributed by atoms with Crippen molar-refractivity contribution in [3.63, 3.8) is 0 Å². The summed E-state index contributed by atoms with van der Waals surface area (Å²) >= 11 is 0. The zero-order valence-electron chi connectivity index (χ0n) is 11.0. The Hall–Kier alpha value is -2.11. The maximum absolute atomic E-state index is 11.0. The average Bonchev–Trinajstić information content (AvgIpc) is 2.33. The quantitative estimate of drug-likeness (QED) is 0.465. The zero-order valence-corrected chi connectivity index (χ0v) is 11.0. The van der Waals surface area contributed by atoms with E-state index in [-0.39, 0.29) is 17.0 Å². The van der Waals surface area contributed by atoms with Crippen LogP contribution < -0.4 is 4.74 Å². The summed E-state index contributed by atoms with van der Waals surface area (Å²) in [4.78, 5) is 21.1. The average molecular weight is 267 g/mol. The molecule has 0 amide bonds. The largest absolute Gasteiger partial charge is 0.492 e. The van der Waals surface area contributed by atoms with E-state index in [9.17, 15) is 14.9 Å². The van der Waals surface area contributed by atoms with Gasteiger partial charge in [-0.3, -0.25) is 10.1 Å². The summed E-state index contributed by atoms with van der Waals surface area (Å²) in [5, 5.41) is 19.6. The van der Waals surface area contributed by atoms with Crippen LogP contribution >= 0.6 is 0 Å². The predicted octanol–water partition coefficient (Wildman–Crippen LogP) is 3.11. The Labute approximate surface area is 111 Å². The molecular formula is C13H17NO5. The number of carbonyl (C=O) groups is 1. The van der Waals surface area contributed by atoms with Crippen LogP contribution in [-0.2, 0) is 0 Å². The molecule has 0 spiro atoms. The van der Waals surface area contributed by atoms with Crippen molar-refractivity contribution in [1.29, 1.82) is 0 Å². The Bertz CT molecular complexity index is 470. The van der Waals surface area contributed by atoms with Gasteiger partial charge >= 0.3 is 5.97 Å². The Morgan fingerprint density at radius 2 is 2.16 bits per heavy atom. The molecule has 0 unspecified atom stereocenters. The van der Waals surface area contributed by atoms with Crippen LogP contribution in [0.3, 0.4) is 0 Å². The van der Waals surface area contributed by atoms with Crippen molar-refractivity contribution in [2.24, 2.45) is 5.92 Å². The van der Waals surface area contributed by atoms with Crippen LogP contribution in [-0.4, -0.2) is 22.6 Å². The van der Waals surface area contributed by atoms with Gasteiger partial charge in [-0.05, 0) is 24.8 Å². The highest BCUT2D eigenvalue weighted by Crippen LogP contribution is 2.25. The molecule has 0 bridgehead atoms. The fourth-order valence-corrected chi connectivity index (χ4v) is 1.59. The molecule has 6 heteroatoms. The van der Waals surface area contributed by atoms with Crippen LogP contribution in [0.1, 0.15) is 37.0 Å². The van der Waals surface area contributed by atoms with Gasteiger partial charge in [0.15, 0.2) is 0 Å². The summed E-state index contributed by atoms with van der Waals surface area (Å²) in [7, 11) is 0. The van der Waals surface area contributed by atoms with E-state index in [1.807, 2.05) is 0 Å². The van der Waals surface area contributed by atoms with Crippen LogP contribution in [0.4, 0.5) is 5.69 Å². The van der Waals surface area contributed by atoms with E-state index >= 15 is 0 Å². The number of rotatable bonds is 7. The maximum atomic E-state index is 11.0. The standard InChI is InChI=1S/C13H17NO5/c1-9(2)4-3-7-19-12-8-10(14(17)18)5-6-11(12)13(15)16/h5-6,8-9H,3-4,7H2,1-2H3,(H,15,16). The molecule has 1 aromatic rings. The van der Waals surface area contributed by atoms with E-state index in [1.54, 1.807) is 0 Å². The fourth-order valence-electron chi connectivity index (χ4n) is 1.59. The lowest BCUT2D eigenvalue weighted by Crippen LogP contribution is -2.06. The second-order valence-electron chi connectivity index (χ2n) is 4.63. The first kappa shape index (κ1) is 14.9. The molecule has 0 aliphatic rings. The highest BCUT2D eigenvalue weighted by atomic mass is 16.6. The lowest BCUT2D eigenvalue weighted by atomic mass is 10.1. The Kier molecular flexibility index (Phi) is 5.29. The number of carboxylic acids is 1. The van der Waals surface area contributed by atoms with Gasteiger partial charge in [-0.2, -0.15) is 0 Å². The van der Waals surface area contributed by atoms with E-state index in [0.29, 0.717) is 12.5 Å². The summed E-state index contributed by atoms with van der Waals surface area (Å²) in [5.41, 5.74) is -0.237. The van der Waals surface area contributed by atoms with Crippen LogP contribution in [0.2, 0.25) is 0 Å². The number of aromatic carboxylic acids is 1. The first-order valence-corrected chi connectivity index (χ1v) is 6.06. The number of non-ortho nitro benzene ring substituents is 1. The third-order valence-corrected chi connectivity index (χ3v) is 2.59. The number of nitrogens with zero attached hydrogens (tertiary/aromatic N) is 1. The molecule has 0 radical (unpaired) electrons. The van der Waals surface area contributed by atoms with E-state index in [2.05, 4.69) is 13.8 Å². The third-order valence-electron chi connectivity index (χ3n) is 2.59. The number of benzene rings is 1. The number of hydrogen-bond acceptors (Lipinski definition) is 4. The SMILES string of the molecule is CC(C)CCCOc1cc([N+](=O)[O-])ccc1C(=O)O. The number of carboxylic acid groups (broad SMARTS) is 1. The second kappa shape index (κ2) is 6.72. The summed E-state index contributed by atoms with van der Waals surface area (Å²) in [5.74, 6) is -0.577. The summed E-state index contributed by atoms with van der Waals surface area (Å²) in [6.07, 6.45) is 1.73. The molecule has 0 aromatic heterocycles. The molecule has 19 heavy (non-hydrogen) atoms.